The molecule has 2 atom stereocenters. The van der Waals surface area contributed by atoms with Crippen LogP contribution < -0.4 is 5.32 Å². The zero-order chi connectivity index (χ0) is 14.6. The van der Waals surface area contributed by atoms with Crippen molar-refractivity contribution in [3.8, 4) is 0 Å². The summed E-state index contributed by atoms with van der Waals surface area (Å²) in [5.74, 6) is -0.457. The van der Waals surface area contributed by atoms with Gasteiger partial charge in [0, 0.05) is 11.6 Å². The molecule has 0 radical (unpaired) electrons. The molecule has 2 N–H and O–H groups in total. The summed E-state index contributed by atoms with van der Waals surface area (Å²) < 4.78 is 37.0. The van der Waals surface area contributed by atoms with Crippen molar-refractivity contribution in [2.75, 3.05) is 0 Å². The standard InChI is InChI=1S/C13H16F3NO2/c1-8(7-9(2)18)17-12(19)10-3-5-11(6-4-10)13(14,15)16/h3-6,8-9,18H,7H2,1-2H3,(H,17,19). The maximum atomic E-state index is 12.3. The van der Waals surface area contributed by atoms with E-state index in [2.05, 4.69) is 5.32 Å². The summed E-state index contributed by atoms with van der Waals surface area (Å²) in [4.78, 5) is 11.7. The van der Waals surface area contributed by atoms with Crippen molar-refractivity contribution < 1.29 is 23.1 Å². The molecule has 0 aromatic heterocycles. The Morgan fingerprint density at radius 3 is 2.21 bits per heavy atom. The third-order valence-electron chi connectivity index (χ3n) is 2.55. The SMILES string of the molecule is CC(O)CC(C)NC(=O)c1ccc(C(F)(F)F)cc1. The highest BCUT2D eigenvalue weighted by Crippen LogP contribution is 2.29. The number of nitrogens with one attached hydrogen (secondary N) is 1. The fourth-order valence-corrected chi connectivity index (χ4v) is 1.69. The van der Waals surface area contributed by atoms with Gasteiger partial charge in [0.05, 0.1) is 11.7 Å². The first kappa shape index (κ1) is 15.5. The van der Waals surface area contributed by atoms with E-state index in [1.807, 2.05) is 0 Å². The normalized spacial score (nSPS) is 14.8. The number of hydrogen-bond donors (Lipinski definition) is 2. The Morgan fingerprint density at radius 1 is 1.26 bits per heavy atom. The van der Waals surface area contributed by atoms with Crippen LogP contribution in [-0.2, 0) is 6.18 Å². The van der Waals surface area contributed by atoms with Crippen LogP contribution in [0.1, 0.15) is 36.2 Å². The quantitative estimate of drug-likeness (QED) is 0.887. The zero-order valence-corrected chi connectivity index (χ0v) is 10.7. The second-order valence-corrected chi connectivity index (χ2v) is 4.53. The van der Waals surface area contributed by atoms with Gasteiger partial charge < -0.3 is 10.4 Å². The van der Waals surface area contributed by atoms with Crippen molar-refractivity contribution in [3.63, 3.8) is 0 Å². The molecule has 0 aliphatic rings. The maximum absolute atomic E-state index is 12.3. The number of alkyl halides is 3. The van der Waals surface area contributed by atoms with Gasteiger partial charge in [0.1, 0.15) is 0 Å². The molecule has 6 heteroatoms. The zero-order valence-electron chi connectivity index (χ0n) is 10.7. The molecular formula is C13H16F3NO2. The third-order valence-corrected chi connectivity index (χ3v) is 2.55. The molecule has 0 fully saturated rings. The first-order valence-corrected chi connectivity index (χ1v) is 5.86. The lowest BCUT2D eigenvalue weighted by Crippen LogP contribution is -2.34. The van der Waals surface area contributed by atoms with Gasteiger partial charge in [-0.2, -0.15) is 13.2 Å². The van der Waals surface area contributed by atoms with Gasteiger partial charge in [-0.3, -0.25) is 4.79 Å². The predicted molar refractivity (Wildman–Crippen MR) is 64.7 cm³/mol. The van der Waals surface area contributed by atoms with E-state index in [9.17, 15) is 18.0 Å². The molecule has 106 valence electrons. The van der Waals surface area contributed by atoms with E-state index in [1.165, 1.54) is 0 Å². The summed E-state index contributed by atoms with van der Waals surface area (Å²) in [7, 11) is 0. The van der Waals surface area contributed by atoms with Crippen LogP contribution in [0.15, 0.2) is 24.3 Å². The molecule has 0 aliphatic carbocycles. The number of aliphatic hydroxyl groups is 1. The number of benzene rings is 1. The predicted octanol–water partition coefficient (Wildman–Crippen LogP) is 2.59. The van der Waals surface area contributed by atoms with Crippen LogP contribution in [0.2, 0.25) is 0 Å². The third kappa shape index (κ3) is 4.90. The van der Waals surface area contributed by atoms with Crippen LogP contribution in [0.5, 0.6) is 0 Å². The molecule has 1 aromatic carbocycles. The van der Waals surface area contributed by atoms with Gasteiger partial charge in [-0.1, -0.05) is 0 Å². The minimum absolute atomic E-state index is 0.158. The van der Waals surface area contributed by atoms with Crippen LogP contribution in [-0.4, -0.2) is 23.2 Å². The highest BCUT2D eigenvalue weighted by Gasteiger charge is 2.30. The molecular weight excluding hydrogens is 259 g/mol. The highest BCUT2D eigenvalue weighted by molar-refractivity contribution is 5.94. The molecule has 1 rings (SSSR count). The van der Waals surface area contributed by atoms with Gasteiger partial charge in [-0.05, 0) is 44.5 Å². The van der Waals surface area contributed by atoms with E-state index in [-0.39, 0.29) is 11.6 Å². The van der Waals surface area contributed by atoms with E-state index in [0.29, 0.717) is 6.42 Å². The highest BCUT2D eigenvalue weighted by atomic mass is 19.4. The van der Waals surface area contributed by atoms with Crippen LogP contribution in [0.4, 0.5) is 13.2 Å². The molecule has 1 amide bonds. The molecule has 2 unspecified atom stereocenters. The summed E-state index contributed by atoms with van der Waals surface area (Å²) in [5, 5.41) is 11.8. The van der Waals surface area contributed by atoms with Gasteiger partial charge in [0.2, 0.25) is 0 Å². The Kier molecular flexibility index (Phi) is 4.94. The lowest BCUT2D eigenvalue weighted by atomic mass is 10.1. The molecule has 3 nitrogen and oxygen atoms in total. The van der Waals surface area contributed by atoms with Crippen LogP contribution in [0.3, 0.4) is 0 Å². The smallest absolute Gasteiger partial charge is 0.393 e. The van der Waals surface area contributed by atoms with Gasteiger partial charge in [-0.25, -0.2) is 0 Å². The summed E-state index contributed by atoms with van der Waals surface area (Å²) in [5.41, 5.74) is -0.633. The minimum Gasteiger partial charge on any atom is -0.393 e. The van der Waals surface area contributed by atoms with Gasteiger partial charge in [0.25, 0.3) is 5.91 Å². The number of halogens is 3. The minimum atomic E-state index is -4.41. The van der Waals surface area contributed by atoms with E-state index < -0.39 is 23.8 Å². The van der Waals surface area contributed by atoms with Crippen LogP contribution >= 0.6 is 0 Å². The summed E-state index contributed by atoms with van der Waals surface area (Å²) >= 11 is 0. The van der Waals surface area contributed by atoms with Gasteiger partial charge >= 0.3 is 6.18 Å². The number of amides is 1. The van der Waals surface area contributed by atoms with E-state index in [4.69, 9.17) is 5.11 Å². The molecule has 0 heterocycles. The Labute approximate surface area is 109 Å². The monoisotopic (exact) mass is 275 g/mol. The van der Waals surface area contributed by atoms with Crippen LogP contribution in [0.25, 0.3) is 0 Å². The van der Waals surface area contributed by atoms with Crippen molar-refractivity contribution in [3.05, 3.63) is 35.4 Å². The number of carbonyl (C=O) groups excluding carboxylic acids is 1. The summed E-state index contributed by atoms with van der Waals surface area (Å²) in [6.45, 7) is 3.31. The lowest BCUT2D eigenvalue weighted by Gasteiger charge is -2.15. The van der Waals surface area contributed by atoms with E-state index >= 15 is 0 Å². The summed E-state index contributed by atoms with van der Waals surface area (Å²) in [6.07, 6.45) is -4.58. The fourth-order valence-electron chi connectivity index (χ4n) is 1.69. The molecule has 1 aromatic rings. The van der Waals surface area contributed by atoms with Crippen molar-refractivity contribution in [2.45, 2.75) is 38.6 Å². The summed E-state index contributed by atoms with van der Waals surface area (Å²) in [6, 6.07) is 3.75. The second kappa shape index (κ2) is 6.06. The molecule has 0 saturated carbocycles. The Bertz CT molecular complexity index is 427. The Balaban J connectivity index is 2.68. The molecule has 0 bridgehead atoms. The average Bonchev–Trinajstić information content (AvgIpc) is 2.26. The molecule has 0 spiro atoms. The van der Waals surface area contributed by atoms with E-state index in [0.717, 1.165) is 24.3 Å². The number of rotatable bonds is 4. The first-order valence-electron chi connectivity index (χ1n) is 5.86. The second-order valence-electron chi connectivity index (χ2n) is 4.53. The van der Waals surface area contributed by atoms with Gasteiger partial charge in [-0.15, -0.1) is 0 Å². The topological polar surface area (TPSA) is 49.3 Å². The van der Waals surface area contributed by atoms with Gasteiger partial charge in [0.15, 0.2) is 0 Å². The average molecular weight is 275 g/mol. The fraction of sp³-hybridized carbons (Fsp3) is 0.462. The first-order chi connectivity index (χ1) is 8.70. The number of aliphatic hydroxyl groups excluding tert-OH is 1. The Hall–Kier alpha value is -1.56. The van der Waals surface area contributed by atoms with Crippen molar-refractivity contribution >= 4 is 5.91 Å². The van der Waals surface area contributed by atoms with Crippen molar-refractivity contribution in [1.82, 2.24) is 5.32 Å². The van der Waals surface area contributed by atoms with Crippen molar-refractivity contribution in [2.24, 2.45) is 0 Å². The van der Waals surface area contributed by atoms with Crippen molar-refractivity contribution in [1.29, 1.82) is 0 Å². The molecule has 0 aliphatic heterocycles. The lowest BCUT2D eigenvalue weighted by molar-refractivity contribution is -0.137. The number of carbonyl (C=O) groups is 1. The molecule has 0 saturated heterocycles. The van der Waals surface area contributed by atoms with E-state index in [1.54, 1.807) is 13.8 Å². The maximum Gasteiger partial charge on any atom is 0.416 e. The van der Waals surface area contributed by atoms with Crippen LogP contribution in [0, 0.1) is 0 Å². The Morgan fingerprint density at radius 2 is 1.79 bits per heavy atom. The number of hydrogen-bond acceptors (Lipinski definition) is 2. The molecule has 19 heavy (non-hydrogen) atoms. The largest absolute Gasteiger partial charge is 0.416 e.